The molecule has 362 valence electrons. The number of rotatable bonds is 15. The van der Waals surface area contributed by atoms with Gasteiger partial charge in [-0.2, -0.15) is 0 Å². The predicted octanol–water partition coefficient (Wildman–Crippen LogP) is 16.4. The molecule has 0 spiro atoms. The molecule has 0 saturated carbocycles. The van der Waals surface area contributed by atoms with Crippen LogP contribution in [0.2, 0.25) is 0 Å². The zero-order chi connectivity index (χ0) is 50.5. The van der Waals surface area contributed by atoms with Crippen LogP contribution in [-0.2, 0) is 0 Å². The van der Waals surface area contributed by atoms with Gasteiger partial charge in [-0.3, -0.25) is 0 Å². The zero-order valence-corrected chi connectivity index (χ0v) is 42.0. The average Bonchev–Trinajstić information content (AvgIpc) is 3.44. The highest BCUT2D eigenvalue weighted by atomic mass is 16.4. The monoisotopic (exact) mass is 957 g/mol. The van der Waals surface area contributed by atoms with Crippen molar-refractivity contribution in [1.29, 1.82) is 0 Å². The number of carboxylic acids is 1. The highest BCUT2D eigenvalue weighted by molar-refractivity contribution is 6.08. The lowest BCUT2D eigenvalue weighted by Crippen LogP contribution is -2.29. The van der Waals surface area contributed by atoms with Crippen LogP contribution >= 0.6 is 0 Å². The van der Waals surface area contributed by atoms with Crippen molar-refractivity contribution in [3.8, 4) is 22.5 Å². The Bertz CT molecular complexity index is 3250. The molecule has 0 unspecified atom stereocenters. The molecule has 0 atom stereocenters. The summed E-state index contributed by atoms with van der Waals surface area (Å²) in [6, 6.07) is 79.0. The van der Waals surface area contributed by atoms with Crippen LogP contribution in [0.5, 0.6) is 0 Å². The van der Waals surface area contributed by atoms with E-state index < -0.39 is 5.97 Å². The van der Waals surface area contributed by atoms with E-state index in [1.165, 1.54) is 0 Å². The quantitative estimate of drug-likeness (QED) is 0.0627. The van der Waals surface area contributed by atoms with Gasteiger partial charge in [0.05, 0.1) is 11.6 Å². The van der Waals surface area contributed by atoms with E-state index in [1.807, 2.05) is 36.4 Å². The molecule has 0 aromatic heterocycles. The molecular formula is C66H61N4O3+. The Morgan fingerprint density at radius 2 is 0.890 bits per heavy atom. The largest absolute Gasteiger partial charge is 0.478 e. The van der Waals surface area contributed by atoms with Crippen molar-refractivity contribution in [2.45, 2.75) is 27.7 Å². The average molecular weight is 958 g/mol. The Kier molecular flexibility index (Phi) is 15.7. The number of aromatic carboxylic acids is 1. The molecule has 2 aliphatic rings. The second kappa shape index (κ2) is 23.3. The van der Waals surface area contributed by atoms with E-state index in [0.29, 0.717) is 5.56 Å². The molecule has 0 radical (unpaired) electrons. The summed E-state index contributed by atoms with van der Waals surface area (Å²) in [5.41, 5.74) is 13.7. The maximum Gasteiger partial charge on any atom is 0.336 e. The fraction of sp³-hybridized carbons (Fsp3) is 0.121. The van der Waals surface area contributed by atoms with E-state index in [4.69, 9.17) is 4.42 Å². The highest BCUT2D eigenvalue weighted by Crippen LogP contribution is 2.42. The molecule has 0 fully saturated rings. The Morgan fingerprint density at radius 3 is 1.33 bits per heavy atom. The minimum atomic E-state index is -0.938. The van der Waals surface area contributed by atoms with Crippen LogP contribution in [0.1, 0.15) is 49.2 Å². The van der Waals surface area contributed by atoms with Gasteiger partial charge in [-0.15, -0.1) is 0 Å². The summed E-state index contributed by atoms with van der Waals surface area (Å²) in [4.78, 5) is 18.9. The molecule has 1 heterocycles. The third-order valence-electron chi connectivity index (χ3n) is 13.2. The first-order valence-corrected chi connectivity index (χ1v) is 25.2. The number of benzene rings is 9. The van der Waals surface area contributed by atoms with Gasteiger partial charge in [0.1, 0.15) is 24.4 Å². The summed E-state index contributed by atoms with van der Waals surface area (Å²) >= 11 is 0. The second-order valence-electron chi connectivity index (χ2n) is 17.6. The maximum atomic E-state index is 12.1. The second-order valence-corrected chi connectivity index (χ2v) is 17.6. The standard InChI is InChI=1S/C38H30N2.C28H30N2O3/c1-5-13-33(14-6-1)39(34-15-7-2-8-16-34)37-27-23-31(24-28-37)21-22-32-25-29-38(30-26-32)40(35-17-9-3-10-18-35)36-19-11-4-12-20-36;1-5-29(6-2)19-13-15-23-25(17-19)33-26-18-20(30(7-3)8-4)14-16-24(26)27(23)21-11-9-10-12-22(21)28(31)32/h1-30H;9-18H,5-8H2,1-4H3/p+1/b22-21+;. The van der Waals surface area contributed by atoms with E-state index in [0.717, 1.165) is 110 Å². The topological polar surface area (TPSA) is 63.2 Å². The smallest absolute Gasteiger partial charge is 0.336 e. The Hall–Kier alpha value is -8.94. The summed E-state index contributed by atoms with van der Waals surface area (Å²) < 4.78 is 8.74. The Morgan fingerprint density at radius 1 is 0.466 bits per heavy atom. The summed E-state index contributed by atoms with van der Waals surface area (Å²) in [6.07, 6.45) is 4.33. The summed E-state index contributed by atoms with van der Waals surface area (Å²) in [5, 5.41) is 11.9. The van der Waals surface area contributed by atoms with Crippen LogP contribution in [0.4, 0.5) is 39.8 Å². The minimum absolute atomic E-state index is 0.284. The van der Waals surface area contributed by atoms with Crippen LogP contribution in [-0.4, -0.2) is 37.3 Å². The molecule has 10 rings (SSSR count). The number of para-hydroxylation sites is 4. The SMILES string of the molecule is C(=C\c1ccc(N(c2ccccc2)c2ccccc2)cc1)/c1ccc(N(c2ccccc2)c2ccccc2)cc1.CCN(CC)c1ccc2c(-c3ccccc3C(=O)O)c3ccc(=[N+](CC)CC)cc-3oc2c1. The Labute approximate surface area is 429 Å². The molecule has 1 aliphatic heterocycles. The van der Waals surface area contributed by atoms with Crippen molar-refractivity contribution in [2.24, 2.45) is 0 Å². The molecule has 1 aliphatic carbocycles. The van der Waals surface area contributed by atoms with Gasteiger partial charge < -0.3 is 24.2 Å². The van der Waals surface area contributed by atoms with Gasteiger partial charge in [0.2, 0.25) is 5.36 Å². The molecule has 0 bridgehead atoms. The molecule has 73 heavy (non-hydrogen) atoms. The number of hydrogen-bond acceptors (Lipinski definition) is 5. The first-order valence-electron chi connectivity index (χ1n) is 25.2. The van der Waals surface area contributed by atoms with Crippen molar-refractivity contribution < 1.29 is 14.3 Å². The summed E-state index contributed by atoms with van der Waals surface area (Å²) in [5.74, 6) is -0.189. The van der Waals surface area contributed by atoms with E-state index >= 15 is 0 Å². The molecular weight excluding hydrogens is 897 g/mol. The van der Waals surface area contributed by atoms with Gasteiger partial charge in [-0.05, 0) is 141 Å². The lowest BCUT2D eigenvalue weighted by atomic mass is 9.90. The van der Waals surface area contributed by atoms with Crippen LogP contribution in [0, 0.1) is 0 Å². The van der Waals surface area contributed by atoms with Gasteiger partial charge in [-0.25, -0.2) is 9.37 Å². The van der Waals surface area contributed by atoms with Crippen LogP contribution in [0.25, 0.3) is 45.6 Å². The van der Waals surface area contributed by atoms with Crippen molar-refractivity contribution in [3.63, 3.8) is 0 Å². The minimum Gasteiger partial charge on any atom is -0.478 e. The number of fused-ring (bicyclic) bond motifs is 2. The predicted molar refractivity (Wildman–Crippen MR) is 306 cm³/mol. The fourth-order valence-corrected chi connectivity index (χ4v) is 9.48. The lowest BCUT2D eigenvalue weighted by molar-refractivity contribution is 0.0697. The molecule has 0 amide bonds. The van der Waals surface area contributed by atoms with E-state index in [9.17, 15) is 9.90 Å². The van der Waals surface area contributed by atoms with Gasteiger partial charge in [-0.1, -0.05) is 127 Å². The molecule has 1 N–H and O–H groups in total. The molecule has 7 nitrogen and oxygen atoms in total. The van der Waals surface area contributed by atoms with Gasteiger partial charge in [0.15, 0.2) is 0 Å². The fourth-order valence-electron chi connectivity index (χ4n) is 9.48. The number of anilines is 7. The molecule has 7 heteroatoms. The first kappa shape index (κ1) is 49.1. The zero-order valence-electron chi connectivity index (χ0n) is 42.0. The van der Waals surface area contributed by atoms with E-state index in [2.05, 4.69) is 241 Å². The molecule has 0 saturated heterocycles. The van der Waals surface area contributed by atoms with Crippen molar-refractivity contribution in [2.75, 3.05) is 40.9 Å². The van der Waals surface area contributed by atoms with Crippen LogP contribution in [0.3, 0.4) is 0 Å². The van der Waals surface area contributed by atoms with Crippen molar-refractivity contribution in [3.05, 3.63) is 253 Å². The van der Waals surface area contributed by atoms with Gasteiger partial charge in [0, 0.05) is 81.5 Å². The van der Waals surface area contributed by atoms with E-state index in [-0.39, 0.29) is 5.56 Å². The Balaban J connectivity index is 0.000000183. The lowest BCUT2D eigenvalue weighted by Gasteiger charge is -2.25. The van der Waals surface area contributed by atoms with Crippen molar-refractivity contribution in [1.82, 2.24) is 4.58 Å². The number of carbonyl (C=O) groups is 1. The third kappa shape index (κ3) is 11.2. The summed E-state index contributed by atoms with van der Waals surface area (Å²) in [6.45, 7) is 12.1. The molecule has 8 aromatic rings. The van der Waals surface area contributed by atoms with Gasteiger partial charge in [0.25, 0.3) is 0 Å². The number of nitrogens with zero attached hydrogens (tertiary/aromatic N) is 4. The first-order chi connectivity index (χ1) is 35.9. The number of hydrogen-bond donors (Lipinski definition) is 1. The van der Waals surface area contributed by atoms with E-state index in [1.54, 1.807) is 12.1 Å². The summed E-state index contributed by atoms with van der Waals surface area (Å²) in [7, 11) is 0. The molecule has 8 aromatic carbocycles. The number of carboxylic acid groups (broad SMARTS) is 1. The van der Waals surface area contributed by atoms with Crippen LogP contribution in [0.15, 0.2) is 235 Å². The van der Waals surface area contributed by atoms with Crippen molar-refractivity contribution >= 4 is 68.9 Å². The third-order valence-corrected chi connectivity index (χ3v) is 13.2. The maximum absolute atomic E-state index is 12.1. The van der Waals surface area contributed by atoms with Gasteiger partial charge >= 0.3 is 5.97 Å². The van der Waals surface area contributed by atoms with Crippen LogP contribution < -0.4 is 24.6 Å². The normalized spacial score (nSPS) is 11.0. The highest BCUT2D eigenvalue weighted by Gasteiger charge is 2.23.